The quantitative estimate of drug-likeness (QED) is 0.462. The van der Waals surface area contributed by atoms with Crippen molar-refractivity contribution in [3.8, 4) is 5.69 Å². The Balaban J connectivity index is 1.88. The topological polar surface area (TPSA) is 80.9 Å². The van der Waals surface area contributed by atoms with Crippen molar-refractivity contribution in [1.82, 2.24) is 4.57 Å². The third-order valence-corrected chi connectivity index (χ3v) is 4.89. The highest BCUT2D eigenvalue weighted by Gasteiger charge is 2.12. The minimum Gasteiger partial charge on any atom is -0.478 e. The van der Waals surface area contributed by atoms with E-state index in [-0.39, 0.29) is 11.5 Å². The van der Waals surface area contributed by atoms with Crippen LogP contribution in [0.1, 0.15) is 50.2 Å². The molecule has 3 aromatic rings. The van der Waals surface area contributed by atoms with Gasteiger partial charge in [-0.3, -0.25) is 4.99 Å². The van der Waals surface area contributed by atoms with Crippen molar-refractivity contribution in [2.24, 2.45) is 4.99 Å². The van der Waals surface area contributed by atoms with E-state index in [2.05, 4.69) is 9.56 Å². The van der Waals surface area contributed by atoms with Crippen LogP contribution in [0.4, 0.5) is 5.69 Å². The number of benzene rings is 2. The first-order chi connectivity index (χ1) is 14.3. The number of carboxylic acids is 1. The summed E-state index contributed by atoms with van der Waals surface area (Å²) >= 11 is 0. The average Bonchev–Trinajstić information content (AvgIpc) is 3.00. The minimum atomic E-state index is -0.953. The van der Waals surface area contributed by atoms with Crippen LogP contribution in [0, 0.1) is 20.8 Å². The second kappa shape index (κ2) is 8.78. The van der Waals surface area contributed by atoms with Crippen molar-refractivity contribution >= 4 is 23.8 Å². The van der Waals surface area contributed by atoms with E-state index in [1.165, 1.54) is 0 Å². The second-order valence-corrected chi connectivity index (χ2v) is 6.99. The van der Waals surface area contributed by atoms with Gasteiger partial charge >= 0.3 is 11.9 Å². The molecule has 0 aliphatic heterocycles. The number of aryl methyl sites for hydroxylation is 2. The minimum absolute atomic E-state index is 0.246. The van der Waals surface area contributed by atoms with E-state index in [4.69, 9.17) is 9.84 Å². The molecule has 0 aliphatic carbocycles. The number of aliphatic imine (C=N–C) groups is 1. The molecule has 0 unspecified atom stereocenters. The standard InChI is InChI=1S/C24H24N2O4/c1-5-30-24(29)18-6-9-21(10-7-18)26-16(3)13-20(17(26)4)14-25-22-11-8-19(23(27)28)12-15(22)2/h6-14H,5H2,1-4H3,(H,27,28). The Morgan fingerprint density at radius 1 is 1.03 bits per heavy atom. The smallest absolute Gasteiger partial charge is 0.338 e. The number of hydrogen-bond donors (Lipinski definition) is 1. The Morgan fingerprint density at radius 3 is 2.30 bits per heavy atom. The fourth-order valence-electron chi connectivity index (χ4n) is 3.35. The van der Waals surface area contributed by atoms with Crippen molar-refractivity contribution in [3.63, 3.8) is 0 Å². The summed E-state index contributed by atoms with van der Waals surface area (Å²) in [6, 6.07) is 14.2. The maximum Gasteiger partial charge on any atom is 0.338 e. The van der Waals surface area contributed by atoms with Gasteiger partial charge < -0.3 is 14.4 Å². The molecule has 3 rings (SSSR count). The largest absolute Gasteiger partial charge is 0.478 e. The van der Waals surface area contributed by atoms with E-state index in [1.54, 1.807) is 43.5 Å². The molecule has 0 atom stereocenters. The third kappa shape index (κ3) is 4.33. The van der Waals surface area contributed by atoms with Gasteiger partial charge in [-0.25, -0.2) is 9.59 Å². The van der Waals surface area contributed by atoms with Gasteiger partial charge in [-0.2, -0.15) is 0 Å². The summed E-state index contributed by atoms with van der Waals surface area (Å²) in [5, 5.41) is 9.09. The van der Waals surface area contributed by atoms with Crippen LogP contribution in [-0.2, 0) is 4.74 Å². The Labute approximate surface area is 175 Å². The van der Waals surface area contributed by atoms with Gasteiger partial charge in [-0.15, -0.1) is 0 Å². The number of aromatic carboxylic acids is 1. The number of aromatic nitrogens is 1. The van der Waals surface area contributed by atoms with Gasteiger partial charge in [0.1, 0.15) is 0 Å². The van der Waals surface area contributed by atoms with Gasteiger partial charge in [0.2, 0.25) is 0 Å². The number of esters is 1. The molecule has 0 aliphatic rings. The first kappa shape index (κ1) is 21.0. The first-order valence-corrected chi connectivity index (χ1v) is 9.66. The molecule has 0 radical (unpaired) electrons. The summed E-state index contributed by atoms with van der Waals surface area (Å²) in [5.41, 5.74) is 6.25. The molecule has 1 N–H and O–H groups in total. The Morgan fingerprint density at radius 2 is 1.70 bits per heavy atom. The molecule has 0 amide bonds. The molecule has 0 bridgehead atoms. The summed E-state index contributed by atoms with van der Waals surface area (Å²) in [6.45, 7) is 7.99. The van der Waals surface area contributed by atoms with Crippen molar-refractivity contribution in [2.75, 3.05) is 6.61 Å². The number of rotatable bonds is 6. The predicted molar refractivity (Wildman–Crippen MR) is 117 cm³/mol. The van der Waals surface area contributed by atoms with Crippen LogP contribution in [0.3, 0.4) is 0 Å². The lowest BCUT2D eigenvalue weighted by Crippen LogP contribution is -2.05. The van der Waals surface area contributed by atoms with Gasteiger partial charge in [-0.05, 0) is 81.8 Å². The number of carbonyl (C=O) groups excluding carboxylic acids is 1. The van der Waals surface area contributed by atoms with E-state index in [9.17, 15) is 9.59 Å². The van der Waals surface area contributed by atoms with Crippen molar-refractivity contribution < 1.29 is 19.4 Å². The summed E-state index contributed by atoms with van der Waals surface area (Å²) in [6.07, 6.45) is 1.79. The van der Waals surface area contributed by atoms with E-state index in [0.717, 1.165) is 33.9 Å². The van der Waals surface area contributed by atoms with Gasteiger partial charge in [0.25, 0.3) is 0 Å². The third-order valence-electron chi connectivity index (χ3n) is 4.89. The van der Waals surface area contributed by atoms with E-state index in [0.29, 0.717) is 12.2 Å². The number of ether oxygens (including phenoxy) is 1. The highest BCUT2D eigenvalue weighted by molar-refractivity contribution is 5.90. The van der Waals surface area contributed by atoms with Crippen LogP contribution < -0.4 is 0 Å². The lowest BCUT2D eigenvalue weighted by molar-refractivity contribution is 0.0526. The molecule has 0 fully saturated rings. The molecular formula is C24H24N2O4. The van der Waals surface area contributed by atoms with Gasteiger partial charge in [0, 0.05) is 28.9 Å². The van der Waals surface area contributed by atoms with Crippen LogP contribution in [0.25, 0.3) is 5.69 Å². The fraction of sp³-hybridized carbons (Fsp3) is 0.208. The highest BCUT2D eigenvalue weighted by Crippen LogP contribution is 2.23. The van der Waals surface area contributed by atoms with Crippen LogP contribution in [-0.4, -0.2) is 34.4 Å². The molecule has 0 spiro atoms. The number of nitrogens with zero attached hydrogens (tertiary/aromatic N) is 2. The monoisotopic (exact) mass is 404 g/mol. The summed E-state index contributed by atoms with van der Waals surface area (Å²) in [7, 11) is 0. The van der Waals surface area contributed by atoms with Crippen LogP contribution in [0.5, 0.6) is 0 Å². The summed E-state index contributed by atoms with van der Waals surface area (Å²) < 4.78 is 7.13. The molecule has 1 aromatic heterocycles. The van der Waals surface area contributed by atoms with Crippen LogP contribution >= 0.6 is 0 Å². The normalized spacial score (nSPS) is 11.1. The predicted octanol–water partition coefficient (Wildman–Crippen LogP) is 5.03. The van der Waals surface area contributed by atoms with E-state index >= 15 is 0 Å². The number of carbonyl (C=O) groups is 2. The number of hydrogen-bond acceptors (Lipinski definition) is 4. The van der Waals surface area contributed by atoms with Crippen LogP contribution in [0.2, 0.25) is 0 Å². The van der Waals surface area contributed by atoms with E-state index < -0.39 is 5.97 Å². The maximum atomic E-state index is 11.9. The van der Waals surface area contributed by atoms with Crippen LogP contribution in [0.15, 0.2) is 53.5 Å². The molecule has 0 saturated heterocycles. The first-order valence-electron chi connectivity index (χ1n) is 9.66. The Bertz CT molecular complexity index is 1120. The molecule has 1 heterocycles. The Kier molecular flexibility index (Phi) is 6.16. The fourth-order valence-corrected chi connectivity index (χ4v) is 3.35. The second-order valence-electron chi connectivity index (χ2n) is 6.99. The molecule has 6 heteroatoms. The number of carboxylic acid groups (broad SMARTS) is 1. The molecular weight excluding hydrogens is 380 g/mol. The zero-order chi connectivity index (χ0) is 21.8. The zero-order valence-electron chi connectivity index (χ0n) is 17.5. The lowest BCUT2D eigenvalue weighted by atomic mass is 10.1. The van der Waals surface area contributed by atoms with Gasteiger partial charge in [0.15, 0.2) is 0 Å². The molecule has 154 valence electrons. The average molecular weight is 404 g/mol. The summed E-state index contributed by atoms with van der Waals surface area (Å²) in [5.74, 6) is -1.28. The van der Waals surface area contributed by atoms with Crippen molar-refractivity contribution in [2.45, 2.75) is 27.7 Å². The Hall–Kier alpha value is -3.67. The van der Waals surface area contributed by atoms with E-state index in [1.807, 2.05) is 39.0 Å². The van der Waals surface area contributed by atoms with Crippen molar-refractivity contribution in [3.05, 3.63) is 82.2 Å². The van der Waals surface area contributed by atoms with Gasteiger partial charge in [-0.1, -0.05) is 0 Å². The highest BCUT2D eigenvalue weighted by atomic mass is 16.5. The molecule has 2 aromatic carbocycles. The molecule has 6 nitrogen and oxygen atoms in total. The SMILES string of the molecule is CCOC(=O)c1ccc(-n2c(C)cc(C=Nc3ccc(C(=O)O)cc3C)c2C)cc1. The molecule has 30 heavy (non-hydrogen) atoms. The maximum absolute atomic E-state index is 11.9. The zero-order valence-corrected chi connectivity index (χ0v) is 17.5. The summed E-state index contributed by atoms with van der Waals surface area (Å²) in [4.78, 5) is 27.5. The molecule has 0 saturated carbocycles. The lowest BCUT2D eigenvalue weighted by Gasteiger charge is -2.10. The van der Waals surface area contributed by atoms with Gasteiger partial charge in [0.05, 0.1) is 23.4 Å². The van der Waals surface area contributed by atoms with Crippen molar-refractivity contribution in [1.29, 1.82) is 0 Å².